The van der Waals surface area contributed by atoms with Gasteiger partial charge in [0.2, 0.25) is 0 Å². The molecule has 2 aromatic rings. The highest BCUT2D eigenvalue weighted by Gasteiger charge is 2.23. The Balaban J connectivity index is 2.26. The zero-order valence-corrected chi connectivity index (χ0v) is 16.6. The summed E-state index contributed by atoms with van der Waals surface area (Å²) in [5.41, 5.74) is 4.23. The van der Waals surface area contributed by atoms with Crippen LogP contribution in [0.4, 0.5) is 0 Å². The lowest BCUT2D eigenvalue weighted by atomic mass is 9.99. The Morgan fingerprint density at radius 3 is 2.00 bits per heavy atom. The first kappa shape index (κ1) is 19.7. The summed E-state index contributed by atoms with van der Waals surface area (Å²) in [7, 11) is 4.35. The van der Waals surface area contributed by atoms with Crippen LogP contribution in [0.3, 0.4) is 0 Å². The minimum Gasteiger partial charge on any atom is -0.308 e. The summed E-state index contributed by atoms with van der Waals surface area (Å²) in [6, 6.07) is 20.4. The number of likely N-dealkylation sites (N-methyl/N-ethyl adjacent to an activating group) is 1. The van der Waals surface area contributed by atoms with E-state index in [2.05, 4.69) is 99.3 Å². The molecule has 25 heavy (non-hydrogen) atoms. The molecular formula is C23H34N2. The van der Waals surface area contributed by atoms with Crippen LogP contribution in [-0.4, -0.2) is 36.5 Å². The minimum atomic E-state index is 0.528. The van der Waals surface area contributed by atoms with Gasteiger partial charge < -0.3 is 4.90 Å². The van der Waals surface area contributed by atoms with E-state index >= 15 is 0 Å². The molecule has 0 aliphatic heterocycles. The van der Waals surface area contributed by atoms with Gasteiger partial charge in [-0.25, -0.2) is 0 Å². The van der Waals surface area contributed by atoms with Crippen LogP contribution >= 0.6 is 0 Å². The topological polar surface area (TPSA) is 6.48 Å². The Hall–Kier alpha value is -1.64. The molecule has 2 heteroatoms. The quantitative estimate of drug-likeness (QED) is 0.646. The van der Waals surface area contributed by atoms with Gasteiger partial charge in [0.25, 0.3) is 0 Å². The molecule has 0 saturated heterocycles. The van der Waals surface area contributed by atoms with Gasteiger partial charge in [0, 0.05) is 25.7 Å². The summed E-state index contributed by atoms with van der Waals surface area (Å²) in [5.74, 6) is 0.612. The molecule has 1 atom stereocenters. The number of hydrogen-bond acceptors (Lipinski definition) is 2. The molecule has 0 N–H and O–H groups in total. The second-order valence-corrected chi connectivity index (χ2v) is 7.64. The van der Waals surface area contributed by atoms with Crippen LogP contribution in [-0.2, 0) is 19.5 Å². The van der Waals surface area contributed by atoms with Gasteiger partial charge in [-0.15, -0.1) is 0 Å². The standard InChI is InChI=1S/C23H34N2/c1-6-20-13-10-14-22(15-20)17-25(16-21-11-8-7-9-12-21)23(19(2)3)18-24(4)5/h7-15,19,23H,6,16-18H2,1-5H3/t23-/m1/s1. The molecule has 2 rings (SSSR count). The maximum Gasteiger partial charge on any atom is 0.0252 e. The van der Waals surface area contributed by atoms with Crippen molar-refractivity contribution in [3.8, 4) is 0 Å². The lowest BCUT2D eigenvalue weighted by Crippen LogP contribution is -2.44. The lowest BCUT2D eigenvalue weighted by molar-refractivity contribution is 0.110. The van der Waals surface area contributed by atoms with Crippen LogP contribution < -0.4 is 0 Å². The van der Waals surface area contributed by atoms with E-state index in [9.17, 15) is 0 Å². The number of nitrogens with zero attached hydrogens (tertiary/aromatic N) is 2. The van der Waals surface area contributed by atoms with Gasteiger partial charge >= 0.3 is 0 Å². The molecule has 0 spiro atoms. The highest BCUT2D eigenvalue weighted by atomic mass is 15.2. The molecule has 0 aliphatic carbocycles. The van der Waals surface area contributed by atoms with Crippen LogP contribution in [0.1, 0.15) is 37.5 Å². The van der Waals surface area contributed by atoms with Gasteiger partial charge in [-0.05, 0) is 43.1 Å². The van der Waals surface area contributed by atoms with Gasteiger partial charge in [0.15, 0.2) is 0 Å². The highest BCUT2D eigenvalue weighted by molar-refractivity contribution is 5.24. The number of benzene rings is 2. The second kappa shape index (κ2) is 9.74. The Labute approximate surface area is 154 Å². The van der Waals surface area contributed by atoms with Crippen molar-refractivity contribution in [1.29, 1.82) is 0 Å². The molecule has 0 aromatic heterocycles. The van der Waals surface area contributed by atoms with Crippen molar-refractivity contribution in [3.05, 3.63) is 71.3 Å². The van der Waals surface area contributed by atoms with E-state index < -0.39 is 0 Å². The van der Waals surface area contributed by atoms with Gasteiger partial charge in [-0.1, -0.05) is 75.4 Å². The summed E-state index contributed by atoms with van der Waals surface area (Å²) in [4.78, 5) is 4.96. The van der Waals surface area contributed by atoms with E-state index in [0.29, 0.717) is 12.0 Å². The molecule has 0 fully saturated rings. The van der Waals surface area contributed by atoms with Crippen LogP contribution in [0.25, 0.3) is 0 Å². The van der Waals surface area contributed by atoms with Crippen LogP contribution in [0.2, 0.25) is 0 Å². The van der Waals surface area contributed by atoms with Crippen molar-refractivity contribution in [1.82, 2.24) is 9.80 Å². The van der Waals surface area contributed by atoms with Crippen LogP contribution in [0.15, 0.2) is 54.6 Å². The summed E-state index contributed by atoms with van der Waals surface area (Å²) in [5, 5.41) is 0. The number of hydrogen-bond donors (Lipinski definition) is 0. The second-order valence-electron chi connectivity index (χ2n) is 7.64. The van der Waals surface area contributed by atoms with Gasteiger partial charge in [-0.2, -0.15) is 0 Å². The fraction of sp³-hybridized carbons (Fsp3) is 0.478. The van der Waals surface area contributed by atoms with Crippen molar-refractivity contribution in [2.75, 3.05) is 20.6 Å². The maximum absolute atomic E-state index is 2.65. The third kappa shape index (κ3) is 6.30. The molecule has 0 radical (unpaired) electrons. The van der Waals surface area contributed by atoms with Gasteiger partial charge in [-0.3, -0.25) is 4.90 Å². The normalized spacial score (nSPS) is 13.0. The monoisotopic (exact) mass is 338 g/mol. The molecule has 0 heterocycles. The third-order valence-corrected chi connectivity index (χ3v) is 4.80. The first-order valence-electron chi connectivity index (χ1n) is 9.50. The minimum absolute atomic E-state index is 0.528. The van der Waals surface area contributed by atoms with Crippen molar-refractivity contribution in [3.63, 3.8) is 0 Å². The molecule has 2 nitrogen and oxygen atoms in total. The summed E-state index contributed by atoms with van der Waals surface area (Å²) >= 11 is 0. The number of rotatable bonds is 9. The van der Waals surface area contributed by atoms with E-state index in [4.69, 9.17) is 0 Å². The molecule has 0 saturated carbocycles. The van der Waals surface area contributed by atoms with E-state index in [1.165, 1.54) is 16.7 Å². The van der Waals surface area contributed by atoms with Gasteiger partial charge in [0.1, 0.15) is 0 Å². The number of aryl methyl sites for hydroxylation is 1. The first-order chi connectivity index (χ1) is 12.0. The summed E-state index contributed by atoms with van der Waals surface area (Å²) in [6.07, 6.45) is 1.10. The van der Waals surface area contributed by atoms with E-state index in [0.717, 1.165) is 26.1 Å². The lowest BCUT2D eigenvalue weighted by Gasteiger charge is -2.36. The Morgan fingerprint density at radius 1 is 0.800 bits per heavy atom. The smallest absolute Gasteiger partial charge is 0.0252 e. The van der Waals surface area contributed by atoms with Crippen LogP contribution in [0, 0.1) is 5.92 Å². The largest absolute Gasteiger partial charge is 0.308 e. The van der Waals surface area contributed by atoms with Gasteiger partial charge in [0.05, 0.1) is 0 Å². The summed E-state index contributed by atoms with van der Waals surface area (Å²) in [6.45, 7) is 9.98. The Morgan fingerprint density at radius 2 is 1.40 bits per heavy atom. The zero-order valence-electron chi connectivity index (χ0n) is 16.6. The molecule has 0 amide bonds. The SMILES string of the molecule is CCc1cccc(CN(Cc2ccccc2)[C@H](CN(C)C)C(C)C)c1. The van der Waals surface area contributed by atoms with E-state index in [-0.39, 0.29) is 0 Å². The predicted octanol–water partition coefficient (Wildman–Crippen LogP) is 4.84. The fourth-order valence-electron chi connectivity index (χ4n) is 3.41. The Kier molecular flexibility index (Phi) is 7.67. The first-order valence-corrected chi connectivity index (χ1v) is 9.50. The molecule has 2 aromatic carbocycles. The highest BCUT2D eigenvalue weighted by Crippen LogP contribution is 2.20. The van der Waals surface area contributed by atoms with Crippen LogP contribution in [0.5, 0.6) is 0 Å². The average Bonchev–Trinajstić information content (AvgIpc) is 2.60. The molecule has 0 unspecified atom stereocenters. The van der Waals surface area contributed by atoms with Crippen molar-refractivity contribution in [2.45, 2.75) is 46.3 Å². The molecular weight excluding hydrogens is 304 g/mol. The Bertz CT molecular complexity index is 619. The average molecular weight is 339 g/mol. The molecule has 136 valence electrons. The van der Waals surface area contributed by atoms with Crippen molar-refractivity contribution >= 4 is 0 Å². The van der Waals surface area contributed by atoms with E-state index in [1.54, 1.807) is 0 Å². The maximum atomic E-state index is 2.65. The third-order valence-electron chi connectivity index (χ3n) is 4.80. The van der Waals surface area contributed by atoms with Crippen molar-refractivity contribution in [2.24, 2.45) is 5.92 Å². The zero-order chi connectivity index (χ0) is 18.2. The fourth-order valence-corrected chi connectivity index (χ4v) is 3.41. The van der Waals surface area contributed by atoms with E-state index in [1.807, 2.05) is 0 Å². The molecule has 0 bridgehead atoms. The van der Waals surface area contributed by atoms with Crippen molar-refractivity contribution < 1.29 is 0 Å². The molecule has 0 aliphatic rings. The predicted molar refractivity (Wildman–Crippen MR) is 109 cm³/mol. The summed E-state index contributed by atoms with van der Waals surface area (Å²) < 4.78 is 0.